The highest BCUT2D eigenvalue weighted by molar-refractivity contribution is 14.1. The molecule has 0 saturated heterocycles. The Bertz CT molecular complexity index is 438. The Kier molecular flexibility index (Phi) is 11.3. The normalized spacial score (nSPS) is 25.0. The lowest BCUT2D eigenvalue weighted by molar-refractivity contribution is -0.205. The molecule has 0 amide bonds. The molecule has 1 saturated carbocycles. The summed E-state index contributed by atoms with van der Waals surface area (Å²) in [4.78, 5) is 10.7. The average Bonchev–Trinajstić information content (AvgIpc) is 2.94. The second-order valence-electron chi connectivity index (χ2n) is 7.58. The molecule has 1 rings (SSSR count). The minimum absolute atomic E-state index is 0.164. The van der Waals surface area contributed by atoms with Gasteiger partial charge in [0.05, 0.1) is 6.10 Å². The molecule has 6 heteroatoms. The molecular formula is C20H35IO5. The van der Waals surface area contributed by atoms with Crippen molar-refractivity contribution in [2.45, 2.75) is 93.4 Å². The van der Waals surface area contributed by atoms with Gasteiger partial charge < -0.3 is 20.4 Å². The number of aliphatic carboxylic acids is 1. The van der Waals surface area contributed by atoms with Crippen LogP contribution in [0.5, 0.6) is 0 Å². The molecule has 0 aromatic heterocycles. The summed E-state index contributed by atoms with van der Waals surface area (Å²) >= 11 is 2.24. The van der Waals surface area contributed by atoms with Crippen LogP contribution in [0.2, 0.25) is 0 Å². The molecule has 0 aliphatic heterocycles. The fourth-order valence-corrected chi connectivity index (χ4v) is 4.34. The van der Waals surface area contributed by atoms with E-state index in [1.807, 2.05) is 0 Å². The monoisotopic (exact) mass is 482 g/mol. The summed E-state index contributed by atoms with van der Waals surface area (Å²) in [5, 5.41) is 37.8. The van der Waals surface area contributed by atoms with E-state index < -0.39 is 11.8 Å². The maximum Gasteiger partial charge on any atom is 0.364 e. The number of allylic oxidation sites excluding steroid dienone is 2. The van der Waals surface area contributed by atoms with E-state index in [0.29, 0.717) is 12.3 Å². The first kappa shape index (κ1) is 23.9. The number of aliphatic hydroxyl groups excluding tert-OH is 1. The maximum atomic E-state index is 10.7. The van der Waals surface area contributed by atoms with Gasteiger partial charge in [0.1, 0.15) is 0 Å². The van der Waals surface area contributed by atoms with Crippen molar-refractivity contribution >= 4 is 28.6 Å². The first-order chi connectivity index (χ1) is 12.3. The van der Waals surface area contributed by atoms with E-state index >= 15 is 0 Å². The van der Waals surface area contributed by atoms with Gasteiger partial charge in [-0.05, 0) is 56.8 Å². The van der Waals surface area contributed by atoms with Crippen molar-refractivity contribution in [3.05, 3.63) is 12.2 Å². The standard InChI is InChI=1S/C20H35IO5/c1-2-3-4-5-6-7-8-15-9-12-18(22)17(15)11-10-16(21)13-14-20(25,26)19(23)24/h7-8,15-18,22,25-26H,2-6,9-14H2,1H3,(H,23,24)/t15-,16?,17+,18-/m0/s1. The van der Waals surface area contributed by atoms with Crippen molar-refractivity contribution in [2.75, 3.05) is 0 Å². The molecule has 26 heavy (non-hydrogen) atoms. The number of rotatable bonds is 13. The molecule has 1 fully saturated rings. The van der Waals surface area contributed by atoms with Gasteiger partial charge in [0, 0.05) is 10.3 Å². The zero-order chi connectivity index (χ0) is 19.6. The smallest absolute Gasteiger partial charge is 0.364 e. The summed E-state index contributed by atoms with van der Waals surface area (Å²) in [5.41, 5.74) is 0. The van der Waals surface area contributed by atoms with Crippen LogP contribution in [-0.4, -0.2) is 42.2 Å². The van der Waals surface area contributed by atoms with Crippen LogP contribution in [0.1, 0.15) is 77.6 Å². The lowest BCUT2D eigenvalue weighted by Gasteiger charge is -2.22. The quantitative estimate of drug-likeness (QED) is 0.105. The maximum absolute atomic E-state index is 10.7. The Balaban J connectivity index is 2.36. The Morgan fingerprint density at radius 2 is 1.96 bits per heavy atom. The fraction of sp³-hybridized carbons (Fsp3) is 0.850. The van der Waals surface area contributed by atoms with Crippen LogP contribution < -0.4 is 0 Å². The molecular weight excluding hydrogens is 447 g/mol. The van der Waals surface area contributed by atoms with E-state index in [1.165, 1.54) is 25.7 Å². The predicted molar refractivity (Wildman–Crippen MR) is 111 cm³/mol. The van der Waals surface area contributed by atoms with Gasteiger partial charge >= 0.3 is 5.97 Å². The van der Waals surface area contributed by atoms with Crippen LogP contribution in [0.3, 0.4) is 0 Å². The number of carboxylic acids is 1. The Morgan fingerprint density at radius 3 is 2.62 bits per heavy atom. The summed E-state index contributed by atoms with van der Waals surface area (Å²) in [6.07, 6.45) is 14.3. The van der Waals surface area contributed by atoms with Crippen molar-refractivity contribution in [3.63, 3.8) is 0 Å². The number of hydrogen-bond donors (Lipinski definition) is 4. The van der Waals surface area contributed by atoms with E-state index in [4.69, 9.17) is 5.11 Å². The lowest BCUT2D eigenvalue weighted by Crippen LogP contribution is -2.38. The van der Waals surface area contributed by atoms with Crippen molar-refractivity contribution in [2.24, 2.45) is 11.8 Å². The van der Waals surface area contributed by atoms with Crippen molar-refractivity contribution in [1.29, 1.82) is 0 Å². The number of alkyl halides is 1. The highest BCUT2D eigenvalue weighted by Crippen LogP contribution is 2.37. The highest BCUT2D eigenvalue weighted by Gasteiger charge is 2.35. The third-order valence-corrected chi connectivity index (χ3v) is 6.66. The Hall–Kier alpha value is -0.180. The van der Waals surface area contributed by atoms with Crippen LogP contribution >= 0.6 is 22.6 Å². The molecule has 4 atom stereocenters. The zero-order valence-corrected chi connectivity index (χ0v) is 18.0. The van der Waals surface area contributed by atoms with Crippen LogP contribution in [0, 0.1) is 11.8 Å². The molecule has 0 heterocycles. The predicted octanol–water partition coefficient (Wildman–Crippen LogP) is 4.03. The molecule has 0 aromatic rings. The third-order valence-electron chi connectivity index (χ3n) is 5.41. The highest BCUT2D eigenvalue weighted by atomic mass is 127. The van der Waals surface area contributed by atoms with E-state index in [2.05, 4.69) is 41.7 Å². The van der Waals surface area contributed by atoms with E-state index in [1.54, 1.807) is 0 Å². The Labute approximate surface area is 171 Å². The zero-order valence-electron chi connectivity index (χ0n) is 15.8. The largest absolute Gasteiger partial charge is 0.477 e. The van der Waals surface area contributed by atoms with Crippen LogP contribution in [0.15, 0.2) is 12.2 Å². The van der Waals surface area contributed by atoms with Crippen LogP contribution in [-0.2, 0) is 4.79 Å². The van der Waals surface area contributed by atoms with Gasteiger partial charge in [0.15, 0.2) is 0 Å². The molecule has 1 aliphatic rings. The number of halogens is 1. The molecule has 4 N–H and O–H groups in total. The minimum Gasteiger partial charge on any atom is -0.477 e. The van der Waals surface area contributed by atoms with E-state index in [9.17, 15) is 20.1 Å². The van der Waals surface area contributed by atoms with Gasteiger partial charge in [0.25, 0.3) is 5.79 Å². The third kappa shape index (κ3) is 8.67. The van der Waals surface area contributed by atoms with Gasteiger partial charge in [-0.15, -0.1) is 0 Å². The first-order valence-corrected chi connectivity index (χ1v) is 11.2. The molecule has 0 spiro atoms. The molecule has 5 nitrogen and oxygen atoms in total. The van der Waals surface area contributed by atoms with Crippen LogP contribution in [0.25, 0.3) is 0 Å². The minimum atomic E-state index is -2.64. The topological polar surface area (TPSA) is 98.0 Å². The van der Waals surface area contributed by atoms with Gasteiger partial charge in [-0.3, -0.25) is 0 Å². The lowest BCUT2D eigenvalue weighted by atomic mass is 9.88. The summed E-state index contributed by atoms with van der Waals surface area (Å²) in [6, 6.07) is 0. The second-order valence-corrected chi connectivity index (χ2v) is 9.35. The average molecular weight is 482 g/mol. The molecule has 0 bridgehead atoms. The fourth-order valence-electron chi connectivity index (χ4n) is 3.66. The summed E-state index contributed by atoms with van der Waals surface area (Å²) in [5.74, 6) is -3.56. The summed E-state index contributed by atoms with van der Waals surface area (Å²) in [6.45, 7) is 2.21. The van der Waals surface area contributed by atoms with Gasteiger partial charge in [-0.25, -0.2) is 4.79 Å². The number of aliphatic hydroxyl groups is 3. The van der Waals surface area contributed by atoms with Crippen molar-refractivity contribution in [3.8, 4) is 0 Å². The molecule has 1 unspecified atom stereocenters. The second kappa shape index (κ2) is 12.3. The molecule has 1 aliphatic carbocycles. The van der Waals surface area contributed by atoms with Gasteiger partial charge in [0.2, 0.25) is 0 Å². The molecule has 152 valence electrons. The summed E-state index contributed by atoms with van der Waals surface area (Å²) in [7, 11) is 0. The number of carboxylic acid groups (broad SMARTS) is 1. The van der Waals surface area contributed by atoms with Crippen molar-refractivity contribution in [1.82, 2.24) is 0 Å². The molecule has 0 aromatic carbocycles. The van der Waals surface area contributed by atoms with Gasteiger partial charge in [-0.2, -0.15) is 0 Å². The SMILES string of the molecule is CCCCCCC=C[C@H]1CC[C@H](O)[C@@H]1CCC(I)CCC(O)(O)C(=O)O. The van der Waals surface area contributed by atoms with E-state index in [-0.39, 0.29) is 22.4 Å². The Morgan fingerprint density at radius 1 is 1.23 bits per heavy atom. The van der Waals surface area contributed by atoms with Gasteiger partial charge in [-0.1, -0.05) is 60.9 Å². The number of hydrogen-bond acceptors (Lipinski definition) is 4. The van der Waals surface area contributed by atoms with E-state index in [0.717, 1.165) is 32.1 Å². The number of unbranched alkanes of at least 4 members (excludes halogenated alkanes) is 4. The first-order valence-electron chi connectivity index (χ1n) is 9.94. The van der Waals surface area contributed by atoms with Crippen molar-refractivity contribution < 1.29 is 25.2 Å². The number of carbonyl (C=O) groups is 1. The molecule has 0 radical (unpaired) electrons. The summed E-state index contributed by atoms with van der Waals surface area (Å²) < 4.78 is 0.164. The van der Waals surface area contributed by atoms with Crippen LogP contribution in [0.4, 0.5) is 0 Å².